The van der Waals surface area contributed by atoms with Gasteiger partial charge < -0.3 is 10.0 Å². The molecule has 0 spiro atoms. The van der Waals surface area contributed by atoms with Crippen LogP contribution in [0.2, 0.25) is 0 Å². The van der Waals surface area contributed by atoms with Crippen LogP contribution in [0.1, 0.15) is 31.1 Å². The Hall–Kier alpha value is -2.65. The molecule has 0 radical (unpaired) electrons. The van der Waals surface area contributed by atoms with Crippen LogP contribution in [0, 0.1) is 5.92 Å². The maximum Gasteiger partial charge on any atom is 0.114 e. The molecule has 0 aromatic heterocycles. The molecule has 0 saturated heterocycles. The molecule has 0 aliphatic carbocycles. The van der Waals surface area contributed by atoms with E-state index in [0.29, 0.717) is 0 Å². The summed E-state index contributed by atoms with van der Waals surface area (Å²) in [6, 6.07) is 20.1. The van der Waals surface area contributed by atoms with E-state index < -0.39 is 6.10 Å². The van der Waals surface area contributed by atoms with Gasteiger partial charge in [0, 0.05) is 19.3 Å². The third-order valence-electron chi connectivity index (χ3n) is 4.79. The molecule has 2 aromatic carbocycles. The van der Waals surface area contributed by atoms with Gasteiger partial charge in [0.15, 0.2) is 0 Å². The van der Waals surface area contributed by atoms with Crippen molar-refractivity contribution in [2.45, 2.75) is 20.0 Å². The Kier molecular flexibility index (Phi) is 6.03. The number of aliphatic hydroxyl groups is 1. The van der Waals surface area contributed by atoms with Crippen LogP contribution in [0.15, 0.2) is 84.0 Å². The monoisotopic (exact) mass is 346 g/mol. The van der Waals surface area contributed by atoms with Gasteiger partial charge in [0.05, 0.1) is 12.0 Å². The molecule has 0 bridgehead atoms. The number of benzene rings is 2. The molecule has 1 aliphatic heterocycles. The van der Waals surface area contributed by atoms with E-state index in [4.69, 9.17) is 4.99 Å². The number of allylic oxidation sites excluding steroid dienone is 2. The van der Waals surface area contributed by atoms with Crippen molar-refractivity contribution in [3.8, 4) is 0 Å². The highest BCUT2D eigenvalue weighted by Crippen LogP contribution is 2.31. The number of rotatable bonds is 5. The zero-order chi connectivity index (χ0) is 18.4. The lowest BCUT2D eigenvalue weighted by molar-refractivity contribution is 0.152. The standard InChI is InChI=1S/C23H26N2O/c1-3-25(4-2)23-21(22(26)19-13-9-6-10-14-19)17-20(15-16-24-23)18-11-7-5-8-12-18/h5-17,21-22,26H,3-4H2,1-2H3/t21-,22+/m1/s1. The highest BCUT2D eigenvalue weighted by Gasteiger charge is 2.28. The Labute approximate surface area is 156 Å². The SMILES string of the molecule is CCN(CC)C1=NC=CC(c2ccccc2)=C[C@@H]1[C@@H](O)c1ccccc1. The van der Waals surface area contributed by atoms with Crippen molar-refractivity contribution < 1.29 is 5.11 Å². The Morgan fingerprint density at radius 2 is 1.58 bits per heavy atom. The van der Waals surface area contributed by atoms with E-state index in [-0.39, 0.29) is 5.92 Å². The molecule has 0 saturated carbocycles. The van der Waals surface area contributed by atoms with Crippen LogP contribution in [0.5, 0.6) is 0 Å². The molecule has 1 N–H and O–H groups in total. The molecular formula is C23H26N2O. The van der Waals surface area contributed by atoms with Crippen molar-refractivity contribution in [1.82, 2.24) is 4.90 Å². The smallest absolute Gasteiger partial charge is 0.114 e. The lowest BCUT2D eigenvalue weighted by Crippen LogP contribution is -2.37. The first-order chi connectivity index (χ1) is 12.7. The average Bonchev–Trinajstić information content (AvgIpc) is 2.93. The second kappa shape index (κ2) is 8.63. The van der Waals surface area contributed by atoms with Gasteiger partial charge in [-0.25, -0.2) is 4.99 Å². The molecule has 134 valence electrons. The third kappa shape index (κ3) is 3.94. The Balaban J connectivity index is 2.05. The summed E-state index contributed by atoms with van der Waals surface area (Å²) in [5, 5.41) is 11.2. The molecule has 0 unspecified atom stereocenters. The molecule has 1 heterocycles. The van der Waals surface area contributed by atoms with Gasteiger partial charge in [0.2, 0.25) is 0 Å². The fourth-order valence-corrected chi connectivity index (χ4v) is 3.36. The molecule has 1 aliphatic rings. The molecule has 0 fully saturated rings. The summed E-state index contributed by atoms with van der Waals surface area (Å²) >= 11 is 0. The Morgan fingerprint density at radius 1 is 0.962 bits per heavy atom. The van der Waals surface area contributed by atoms with Gasteiger partial charge in [-0.3, -0.25) is 0 Å². The minimum Gasteiger partial charge on any atom is -0.387 e. The molecule has 2 aromatic rings. The van der Waals surface area contributed by atoms with Crippen LogP contribution in [-0.4, -0.2) is 28.9 Å². The highest BCUT2D eigenvalue weighted by atomic mass is 16.3. The van der Waals surface area contributed by atoms with Crippen LogP contribution in [0.4, 0.5) is 0 Å². The maximum atomic E-state index is 11.2. The molecule has 2 atom stereocenters. The predicted molar refractivity (Wildman–Crippen MR) is 109 cm³/mol. The molecular weight excluding hydrogens is 320 g/mol. The number of amidine groups is 1. The molecule has 3 nitrogen and oxygen atoms in total. The van der Waals surface area contributed by atoms with Gasteiger partial charge in [-0.05, 0) is 36.6 Å². The lowest BCUT2D eigenvalue weighted by Gasteiger charge is -2.30. The summed E-state index contributed by atoms with van der Waals surface area (Å²) in [7, 11) is 0. The zero-order valence-corrected chi connectivity index (χ0v) is 15.4. The van der Waals surface area contributed by atoms with Crippen molar-refractivity contribution in [2.75, 3.05) is 13.1 Å². The van der Waals surface area contributed by atoms with Gasteiger partial charge in [0.25, 0.3) is 0 Å². The van der Waals surface area contributed by atoms with Crippen LogP contribution >= 0.6 is 0 Å². The largest absolute Gasteiger partial charge is 0.387 e. The summed E-state index contributed by atoms with van der Waals surface area (Å²) in [6.45, 7) is 5.95. The van der Waals surface area contributed by atoms with Gasteiger partial charge >= 0.3 is 0 Å². The van der Waals surface area contributed by atoms with Crippen LogP contribution in [-0.2, 0) is 0 Å². The number of aliphatic hydroxyl groups excluding tert-OH is 1. The van der Waals surface area contributed by atoms with E-state index in [1.807, 2.05) is 60.8 Å². The quantitative estimate of drug-likeness (QED) is 0.853. The van der Waals surface area contributed by atoms with Crippen molar-refractivity contribution in [2.24, 2.45) is 10.9 Å². The van der Waals surface area contributed by atoms with Gasteiger partial charge in [0.1, 0.15) is 5.84 Å². The van der Waals surface area contributed by atoms with E-state index in [2.05, 4.69) is 37.0 Å². The van der Waals surface area contributed by atoms with Crippen molar-refractivity contribution >= 4 is 11.4 Å². The molecule has 0 amide bonds. The van der Waals surface area contributed by atoms with Crippen LogP contribution in [0.3, 0.4) is 0 Å². The summed E-state index contributed by atoms with van der Waals surface area (Å²) in [5.74, 6) is 0.705. The average molecular weight is 346 g/mol. The third-order valence-corrected chi connectivity index (χ3v) is 4.79. The fraction of sp³-hybridized carbons (Fsp3) is 0.261. The highest BCUT2D eigenvalue weighted by molar-refractivity contribution is 5.91. The first kappa shape index (κ1) is 18.2. The topological polar surface area (TPSA) is 35.8 Å². The van der Waals surface area contributed by atoms with E-state index in [1.54, 1.807) is 0 Å². The van der Waals surface area contributed by atoms with E-state index in [1.165, 1.54) is 0 Å². The second-order valence-corrected chi connectivity index (χ2v) is 6.34. The predicted octanol–water partition coefficient (Wildman–Crippen LogP) is 4.69. The van der Waals surface area contributed by atoms with Crippen molar-refractivity contribution in [3.63, 3.8) is 0 Å². The number of hydrogen-bond acceptors (Lipinski definition) is 3. The normalized spacial score (nSPS) is 17.9. The molecule has 3 heteroatoms. The summed E-state index contributed by atoms with van der Waals surface area (Å²) in [5.41, 5.74) is 3.12. The maximum absolute atomic E-state index is 11.2. The molecule has 3 rings (SSSR count). The van der Waals surface area contributed by atoms with Crippen molar-refractivity contribution in [1.29, 1.82) is 0 Å². The van der Waals surface area contributed by atoms with Crippen LogP contribution < -0.4 is 0 Å². The number of aliphatic imine (C=N–C) groups is 1. The number of nitrogens with zero attached hydrogens (tertiary/aromatic N) is 2. The van der Waals surface area contributed by atoms with Crippen molar-refractivity contribution in [3.05, 3.63) is 90.1 Å². The first-order valence-electron chi connectivity index (χ1n) is 9.24. The first-order valence-corrected chi connectivity index (χ1v) is 9.24. The zero-order valence-electron chi connectivity index (χ0n) is 15.4. The lowest BCUT2D eigenvalue weighted by atomic mass is 9.90. The Morgan fingerprint density at radius 3 is 2.19 bits per heavy atom. The van der Waals surface area contributed by atoms with Gasteiger partial charge in [-0.1, -0.05) is 66.7 Å². The number of hydrogen-bond donors (Lipinski definition) is 1. The molecule has 26 heavy (non-hydrogen) atoms. The minimum atomic E-state index is -0.644. The van der Waals surface area contributed by atoms with E-state index in [0.717, 1.165) is 35.6 Å². The second-order valence-electron chi connectivity index (χ2n) is 6.34. The summed E-state index contributed by atoms with van der Waals surface area (Å²) in [6.07, 6.45) is 5.38. The summed E-state index contributed by atoms with van der Waals surface area (Å²) in [4.78, 5) is 6.93. The Bertz CT molecular complexity index is 789. The van der Waals surface area contributed by atoms with E-state index >= 15 is 0 Å². The van der Waals surface area contributed by atoms with E-state index in [9.17, 15) is 5.11 Å². The summed E-state index contributed by atoms with van der Waals surface area (Å²) < 4.78 is 0. The fourth-order valence-electron chi connectivity index (χ4n) is 3.36. The van der Waals surface area contributed by atoms with Gasteiger partial charge in [-0.2, -0.15) is 0 Å². The van der Waals surface area contributed by atoms with Gasteiger partial charge in [-0.15, -0.1) is 0 Å². The minimum absolute atomic E-state index is 0.206. The van der Waals surface area contributed by atoms with Crippen LogP contribution in [0.25, 0.3) is 5.57 Å².